The Morgan fingerprint density at radius 2 is 1.38 bits per heavy atom. The van der Waals surface area contributed by atoms with Crippen LogP contribution in [0.4, 0.5) is 0 Å². The molecule has 0 aliphatic rings. The van der Waals surface area contributed by atoms with E-state index in [2.05, 4.69) is 6.92 Å². The molecule has 0 bridgehead atoms. The van der Waals surface area contributed by atoms with Crippen LogP contribution in [0.15, 0.2) is 18.2 Å². The smallest absolute Gasteiger partial charge is 0.104 e. The van der Waals surface area contributed by atoms with Crippen LogP contribution in [0.25, 0.3) is 0 Å². The molecule has 0 amide bonds. The molecular formula is C29H48ClNO3. The molecule has 1 N–H and O–H groups in total. The van der Waals surface area contributed by atoms with Gasteiger partial charge in [0.1, 0.15) is 12.2 Å². The first-order valence-electron chi connectivity index (χ1n) is 13.7. The summed E-state index contributed by atoms with van der Waals surface area (Å²) in [4.78, 5) is 0. The van der Waals surface area contributed by atoms with Crippen molar-refractivity contribution < 1.29 is 14.6 Å². The maximum atomic E-state index is 9.51. The Labute approximate surface area is 214 Å². The van der Waals surface area contributed by atoms with Gasteiger partial charge in [-0.1, -0.05) is 121 Å². The minimum absolute atomic E-state index is 0.0804. The van der Waals surface area contributed by atoms with E-state index in [-0.39, 0.29) is 12.7 Å². The fraction of sp³-hybridized carbons (Fsp3) is 0.759. The number of hydrogen-bond acceptors (Lipinski definition) is 4. The van der Waals surface area contributed by atoms with Gasteiger partial charge in [-0.15, -0.1) is 0 Å². The van der Waals surface area contributed by atoms with E-state index in [9.17, 15) is 5.11 Å². The number of nitriles is 1. The molecule has 1 rings (SSSR count). The highest BCUT2D eigenvalue weighted by atomic mass is 35.5. The standard InChI is InChI=1S/C29H48ClNO3/c1-2-3-4-5-6-7-8-9-10-11-12-13-14-15-16-17-20-33-25-28(23-32)34-24-26-18-19-27(22-31)29(30)21-26/h18-19,21,28,32H,2-17,20,23-25H2,1H3. The third-order valence-corrected chi connectivity index (χ3v) is 6.60. The molecule has 34 heavy (non-hydrogen) atoms. The Bertz CT molecular complexity index is 647. The number of hydrogen-bond donors (Lipinski definition) is 1. The van der Waals surface area contributed by atoms with Gasteiger partial charge in [0.2, 0.25) is 0 Å². The number of benzene rings is 1. The first kappa shape index (κ1) is 30.9. The molecule has 0 aliphatic heterocycles. The molecule has 0 aliphatic carbocycles. The van der Waals surface area contributed by atoms with Crippen LogP contribution in [0.1, 0.15) is 121 Å². The highest BCUT2D eigenvalue weighted by Gasteiger charge is 2.09. The third kappa shape index (κ3) is 16.5. The summed E-state index contributed by atoms with van der Waals surface area (Å²) in [6, 6.07) is 7.27. The Kier molecular flexibility index (Phi) is 20.3. The van der Waals surface area contributed by atoms with Crippen molar-refractivity contribution in [2.75, 3.05) is 19.8 Å². The first-order chi connectivity index (χ1) is 16.7. The van der Waals surface area contributed by atoms with E-state index in [0.29, 0.717) is 30.4 Å². The topological polar surface area (TPSA) is 62.5 Å². The number of aliphatic hydroxyl groups is 1. The van der Waals surface area contributed by atoms with Gasteiger partial charge in [0, 0.05) is 6.61 Å². The van der Waals surface area contributed by atoms with Crippen molar-refractivity contribution in [3.8, 4) is 6.07 Å². The second kappa shape index (κ2) is 22.4. The van der Waals surface area contributed by atoms with E-state index < -0.39 is 0 Å². The molecule has 0 radical (unpaired) electrons. The fourth-order valence-corrected chi connectivity index (χ4v) is 4.32. The zero-order chi connectivity index (χ0) is 24.7. The number of ether oxygens (including phenoxy) is 2. The molecule has 0 saturated heterocycles. The molecule has 1 unspecified atom stereocenters. The van der Waals surface area contributed by atoms with Gasteiger partial charge in [-0.2, -0.15) is 5.26 Å². The van der Waals surface area contributed by atoms with Gasteiger partial charge in [0.15, 0.2) is 0 Å². The molecule has 0 heterocycles. The van der Waals surface area contributed by atoms with Crippen molar-refractivity contribution in [3.05, 3.63) is 34.3 Å². The SMILES string of the molecule is CCCCCCCCCCCCCCCCCCOCC(CO)OCc1ccc(C#N)c(Cl)c1. The van der Waals surface area contributed by atoms with E-state index in [1.807, 2.05) is 12.1 Å². The van der Waals surface area contributed by atoms with Gasteiger partial charge >= 0.3 is 0 Å². The predicted molar refractivity (Wildman–Crippen MR) is 142 cm³/mol. The zero-order valence-corrected chi connectivity index (χ0v) is 22.3. The van der Waals surface area contributed by atoms with Crippen LogP contribution >= 0.6 is 11.6 Å². The average molecular weight is 494 g/mol. The van der Waals surface area contributed by atoms with Crippen molar-refractivity contribution in [1.82, 2.24) is 0 Å². The summed E-state index contributed by atoms with van der Waals surface area (Å²) >= 11 is 6.05. The van der Waals surface area contributed by atoms with Crippen LogP contribution in [-0.4, -0.2) is 31.0 Å². The lowest BCUT2D eigenvalue weighted by Gasteiger charge is -2.16. The highest BCUT2D eigenvalue weighted by Crippen LogP contribution is 2.18. The van der Waals surface area contributed by atoms with E-state index in [1.165, 1.54) is 96.3 Å². The van der Waals surface area contributed by atoms with Crippen molar-refractivity contribution in [3.63, 3.8) is 0 Å². The van der Waals surface area contributed by atoms with Crippen molar-refractivity contribution >= 4 is 11.6 Å². The van der Waals surface area contributed by atoms with Crippen LogP contribution in [0.3, 0.4) is 0 Å². The van der Waals surface area contributed by atoms with Crippen LogP contribution in [0.2, 0.25) is 5.02 Å². The number of halogens is 1. The third-order valence-electron chi connectivity index (χ3n) is 6.29. The molecular weight excluding hydrogens is 446 g/mol. The summed E-state index contributed by atoms with van der Waals surface area (Å²) in [5.74, 6) is 0. The second-order valence-electron chi connectivity index (χ2n) is 9.42. The lowest BCUT2D eigenvalue weighted by atomic mass is 10.0. The second-order valence-corrected chi connectivity index (χ2v) is 9.83. The first-order valence-corrected chi connectivity index (χ1v) is 14.1. The van der Waals surface area contributed by atoms with Crippen LogP contribution in [0.5, 0.6) is 0 Å². The summed E-state index contributed by atoms with van der Waals surface area (Å²) < 4.78 is 11.4. The van der Waals surface area contributed by atoms with Crippen molar-refractivity contribution in [2.24, 2.45) is 0 Å². The molecule has 5 heteroatoms. The maximum absolute atomic E-state index is 9.51. The summed E-state index contributed by atoms with van der Waals surface area (Å²) in [6.07, 6.45) is 21.4. The Hall–Kier alpha value is -1.12. The van der Waals surface area contributed by atoms with E-state index in [4.69, 9.17) is 26.3 Å². The van der Waals surface area contributed by atoms with Crippen molar-refractivity contribution in [2.45, 2.75) is 122 Å². The predicted octanol–water partition coefficient (Wildman–Crippen LogP) is 8.37. The largest absolute Gasteiger partial charge is 0.394 e. The fourth-order valence-electron chi connectivity index (χ4n) is 4.07. The monoisotopic (exact) mass is 493 g/mol. The Balaban J connectivity index is 1.88. The maximum Gasteiger partial charge on any atom is 0.104 e. The summed E-state index contributed by atoms with van der Waals surface area (Å²) in [6.45, 7) is 3.63. The van der Waals surface area contributed by atoms with Crippen molar-refractivity contribution in [1.29, 1.82) is 5.26 Å². The van der Waals surface area contributed by atoms with E-state index >= 15 is 0 Å². The molecule has 4 nitrogen and oxygen atoms in total. The number of rotatable bonds is 23. The zero-order valence-electron chi connectivity index (χ0n) is 21.5. The minimum Gasteiger partial charge on any atom is -0.394 e. The number of nitrogens with zero attached hydrogens (tertiary/aromatic N) is 1. The lowest BCUT2D eigenvalue weighted by molar-refractivity contribution is -0.0502. The van der Waals surface area contributed by atoms with Gasteiger partial charge in [-0.3, -0.25) is 0 Å². The van der Waals surface area contributed by atoms with E-state index in [0.717, 1.165) is 12.0 Å². The summed E-state index contributed by atoms with van der Waals surface area (Å²) in [7, 11) is 0. The van der Waals surface area contributed by atoms with Gasteiger partial charge in [0.05, 0.1) is 30.4 Å². The highest BCUT2D eigenvalue weighted by molar-refractivity contribution is 6.31. The van der Waals surface area contributed by atoms with Gasteiger partial charge in [-0.05, 0) is 24.1 Å². The van der Waals surface area contributed by atoms with Crippen LogP contribution in [-0.2, 0) is 16.1 Å². The molecule has 194 valence electrons. The van der Waals surface area contributed by atoms with Crippen LogP contribution in [0, 0.1) is 11.3 Å². The minimum atomic E-state index is -0.351. The number of unbranched alkanes of at least 4 members (excludes halogenated alkanes) is 15. The molecule has 1 aromatic rings. The summed E-state index contributed by atoms with van der Waals surface area (Å²) in [5.41, 5.74) is 1.33. The Morgan fingerprint density at radius 3 is 1.85 bits per heavy atom. The number of aliphatic hydroxyl groups excluding tert-OH is 1. The average Bonchev–Trinajstić information content (AvgIpc) is 2.85. The van der Waals surface area contributed by atoms with Gasteiger partial charge < -0.3 is 14.6 Å². The molecule has 0 spiro atoms. The van der Waals surface area contributed by atoms with Gasteiger partial charge in [0.25, 0.3) is 0 Å². The summed E-state index contributed by atoms with van der Waals surface area (Å²) in [5, 5.41) is 18.9. The molecule has 0 aromatic heterocycles. The lowest BCUT2D eigenvalue weighted by Crippen LogP contribution is -2.24. The normalized spacial score (nSPS) is 12.1. The quantitative estimate of drug-likeness (QED) is 0.155. The molecule has 1 aromatic carbocycles. The van der Waals surface area contributed by atoms with Gasteiger partial charge in [-0.25, -0.2) is 0 Å². The molecule has 0 saturated carbocycles. The molecule has 1 atom stereocenters. The van der Waals surface area contributed by atoms with Crippen LogP contribution < -0.4 is 0 Å². The Morgan fingerprint density at radius 1 is 0.853 bits per heavy atom. The van der Waals surface area contributed by atoms with E-state index in [1.54, 1.807) is 12.1 Å². The molecule has 0 fully saturated rings.